The number of aliphatic hydroxyl groups excluding tert-OH is 1. The molecule has 1 aliphatic heterocycles. The van der Waals surface area contributed by atoms with Crippen LogP contribution in [0.3, 0.4) is 0 Å². The zero-order valence-corrected chi connectivity index (χ0v) is 10.9. The summed E-state index contributed by atoms with van der Waals surface area (Å²) < 4.78 is 0. The van der Waals surface area contributed by atoms with Gasteiger partial charge in [-0.3, -0.25) is 4.79 Å². The number of nitrogens with one attached hydrogen (secondary N) is 1. The molecule has 0 aromatic heterocycles. The molecule has 2 N–H and O–H groups in total. The first-order valence-corrected chi connectivity index (χ1v) is 6.42. The third-order valence-corrected chi connectivity index (χ3v) is 3.41. The molecule has 0 spiro atoms. The average Bonchev–Trinajstić information content (AvgIpc) is 2.78. The van der Waals surface area contributed by atoms with Crippen LogP contribution in [-0.2, 0) is 11.2 Å². The molecule has 4 heteroatoms. The van der Waals surface area contributed by atoms with E-state index in [1.807, 2.05) is 19.1 Å². The van der Waals surface area contributed by atoms with Crippen molar-refractivity contribution in [2.75, 3.05) is 24.6 Å². The van der Waals surface area contributed by atoms with E-state index in [1.54, 1.807) is 11.8 Å². The van der Waals surface area contributed by atoms with Gasteiger partial charge in [0.2, 0.25) is 5.91 Å². The second-order valence-electron chi connectivity index (χ2n) is 4.60. The van der Waals surface area contributed by atoms with Gasteiger partial charge in [0, 0.05) is 19.2 Å². The summed E-state index contributed by atoms with van der Waals surface area (Å²) in [5, 5.41) is 12.6. The van der Waals surface area contributed by atoms with Gasteiger partial charge in [-0.1, -0.05) is 19.1 Å². The average molecular weight is 248 g/mol. The van der Waals surface area contributed by atoms with Gasteiger partial charge in [-0.15, -0.1) is 0 Å². The van der Waals surface area contributed by atoms with Gasteiger partial charge in [-0.25, -0.2) is 0 Å². The molecule has 1 heterocycles. The van der Waals surface area contributed by atoms with Crippen LogP contribution in [0, 0.1) is 0 Å². The molecule has 0 radical (unpaired) electrons. The highest BCUT2D eigenvalue weighted by molar-refractivity contribution is 5.93. The van der Waals surface area contributed by atoms with Crippen molar-refractivity contribution in [1.29, 1.82) is 0 Å². The van der Waals surface area contributed by atoms with Crippen molar-refractivity contribution >= 4 is 11.6 Å². The van der Waals surface area contributed by atoms with Crippen molar-refractivity contribution in [1.82, 2.24) is 5.32 Å². The number of benzene rings is 1. The van der Waals surface area contributed by atoms with Crippen LogP contribution < -0.4 is 10.2 Å². The molecule has 2 rings (SSSR count). The maximum Gasteiger partial charge on any atom is 0.223 e. The smallest absolute Gasteiger partial charge is 0.223 e. The lowest BCUT2D eigenvalue weighted by molar-refractivity contribution is -0.116. The van der Waals surface area contributed by atoms with E-state index in [1.165, 1.54) is 5.56 Å². The molecule has 18 heavy (non-hydrogen) atoms. The van der Waals surface area contributed by atoms with Crippen molar-refractivity contribution in [3.05, 3.63) is 29.3 Å². The predicted octanol–water partition coefficient (Wildman–Crippen LogP) is 1.24. The summed E-state index contributed by atoms with van der Waals surface area (Å²) in [6.07, 6.45) is 0.896. The topological polar surface area (TPSA) is 52.6 Å². The lowest BCUT2D eigenvalue weighted by atomic mass is 10.0. The Morgan fingerprint density at radius 2 is 2.33 bits per heavy atom. The Hall–Kier alpha value is -1.39. The Kier molecular flexibility index (Phi) is 3.99. The first-order chi connectivity index (χ1) is 8.67. The standard InChI is InChI=1S/C14H20N2O2/c1-3-15-13(9-17)11-4-5-14-12(8-11)6-7-16(14)10(2)18/h4-5,8,13,15,17H,3,6-7,9H2,1-2H3. The molecule has 0 saturated carbocycles. The van der Waals surface area contributed by atoms with Crippen LogP contribution in [0.4, 0.5) is 5.69 Å². The van der Waals surface area contributed by atoms with E-state index in [2.05, 4.69) is 11.4 Å². The molecule has 1 aliphatic rings. The normalized spacial score (nSPS) is 15.6. The van der Waals surface area contributed by atoms with E-state index in [-0.39, 0.29) is 18.6 Å². The number of amides is 1. The number of carbonyl (C=O) groups is 1. The van der Waals surface area contributed by atoms with Gasteiger partial charge in [0.1, 0.15) is 0 Å². The molecule has 4 nitrogen and oxygen atoms in total. The number of carbonyl (C=O) groups excluding carboxylic acids is 1. The second-order valence-corrected chi connectivity index (χ2v) is 4.60. The van der Waals surface area contributed by atoms with Crippen LogP contribution in [0.15, 0.2) is 18.2 Å². The Bertz CT molecular complexity index is 445. The van der Waals surface area contributed by atoms with Crippen molar-refractivity contribution in [2.24, 2.45) is 0 Å². The van der Waals surface area contributed by atoms with E-state index >= 15 is 0 Å². The maximum atomic E-state index is 11.5. The molecule has 1 aromatic carbocycles. The predicted molar refractivity (Wildman–Crippen MR) is 71.7 cm³/mol. The summed E-state index contributed by atoms with van der Waals surface area (Å²) in [6, 6.07) is 6.05. The van der Waals surface area contributed by atoms with Crippen molar-refractivity contribution in [3.8, 4) is 0 Å². The summed E-state index contributed by atoms with van der Waals surface area (Å²) in [5.74, 6) is 0.0897. The fourth-order valence-electron chi connectivity index (χ4n) is 2.50. The van der Waals surface area contributed by atoms with Crippen LogP contribution in [0.1, 0.15) is 31.0 Å². The fraction of sp³-hybridized carbons (Fsp3) is 0.500. The van der Waals surface area contributed by atoms with E-state index in [0.717, 1.165) is 30.8 Å². The van der Waals surface area contributed by atoms with E-state index in [4.69, 9.17) is 0 Å². The van der Waals surface area contributed by atoms with Gasteiger partial charge < -0.3 is 15.3 Å². The van der Waals surface area contributed by atoms with E-state index < -0.39 is 0 Å². The van der Waals surface area contributed by atoms with Crippen LogP contribution in [0.2, 0.25) is 0 Å². The maximum absolute atomic E-state index is 11.5. The molecule has 0 fully saturated rings. The van der Waals surface area contributed by atoms with Gasteiger partial charge in [-0.2, -0.15) is 0 Å². The van der Waals surface area contributed by atoms with Crippen molar-refractivity contribution < 1.29 is 9.90 Å². The third-order valence-electron chi connectivity index (χ3n) is 3.41. The van der Waals surface area contributed by atoms with Crippen LogP contribution in [0.25, 0.3) is 0 Å². The number of nitrogens with zero attached hydrogens (tertiary/aromatic N) is 1. The minimum absolute atomic E-state index is 0.0216. The molecule has 1 atom stereocenters. The highest BCUT2D eigenvalue weighted by atomic mass is 16.3. The number of anilines is 1. The number of aliphatic hydroxyl groups is 1. The first kappa shape index (κ1) is 13.1. The number of hydrogen-bond donors (Lipinski definition) is 2. The zero-order chi connectivity index (χ0) is 13.1. The van der Waals surface area contributed by atoms with Crippen molar-refractivity contribution in [2.45, 2.75) is 26.3 Å². The second kappa shape index (κ2) is 5.50. The van der Waals surface area contributed by atoms with Gasteiger partial charge in [-0.05, 0) is 30.2 Å². The number of rotatable bonds is 4. The van der Waals surface area contributed by atoms with E-state index in [9.17, 15) is 9.90 Å². The molecular weight excluding hydrogens is 228 g/mol. The molecule has 1 aromatic rings. The van der Waals surface area contributed by atoms with Crippen LogP contribution >= 0.6 is 0 Å². The summed E-state index contributed by atoms with van der Waals surface area (Å²) >= 11 is 0. The monoisotopic (exact) mass is 248 g/mol. The number of hydrogen-bond acceptors (Lipinski definition) is 3. The quantitative estimate of drug-likeness (QED) is 0.843. The Labute approximate surface area is 108 Å². The highest BCUT2D eigenvalue weighted by Crippen LogP contribution is 2.30. The molecular formula is C14H20N2O2. The molecule has 0 bridgehead atoms. The minimum atomic E-state index is -0.0216. The highest BCUT2D eigenvalue weighted by Gasteiger charge is 2.23. The van der Waals surface area contributed by atoms with Gasteiger partial charge >= 0.3 is 0 Å². The fourth-order valence-corrected chi connectivity index (χ4v) is 2.50. The third kappa shape index (κ3) is 2.40. The zero-order valence-electron chi connectivity index (χ0n) is 10.9. The summed E-state index contributed by atoms with van der Waals surface area (Å²) in [7, 11) is 0. The van der Waals surface area contributed by atoms with Crippen molar-refractivity contribution in [3.63, 3.8) is 0 Å². The molecule has 1 amide bonds. The SMILES string of the molecule is CCNC(CO)c1ccc2c(c1)CCN2C(C)=O. The lowest BCUT2D eigenvalue weighted by Gasteiger charge is -2.18. The molecule has 0 aliphatic carbocycles. The summed E-state index contributed by atoms with van der Waals surface area (Å²) in [6.45, 7) is 5.29. The number of likely N-dealkylation sites (N-methyl/N-ethyl adjacent to an activating group) is 1. The Balaban J connectivity index is 2.26. The summed E-state index contributed by atoms with van der Waals surface area (Å²) in [4.78, 5) is 13.3. The van der Waals surface area contributed by atoms with E-state index in [0.29, 0.717) is 0 Å². The molecule has 1 unspecified atom stereocenters. The van der Waals surface area contributed by atoms with Gasteiger partial charge in [0.15, 0.2) is 0 Å². The lowest BCUT2D eigenvalue weighted by Crippen LogP contribution is -2.26. The number of fused-ring (bicyclic) bond motifs is 1. The van der Waals surface area contributed by atoms with Crippen LogP contribution in [-0.4, -0.2) is 30.7 Å². The molecule has 98 valence electrons. The minimum Gasteiger partial charge on any atom is -0.394 e. The summed E-state index contributed by atoms with van der Waals surface area (Å²) in [5.41, 5.74) is 3.29. The Morgan fingerprint density at radius 1 is 1.56 bits per heavy atom. The first-order valence-electron chi connectivity index (χ1n) is 6.42. The van der Waals surface area contributed by atoms with Gasteiger partial charge in [0.05, 0.1) is 12.6 Å². The largest absolute Gasteiger partial charge is 0.394 e. The van der Waals surface area contributed by atoms with Crippen LogP contribution in [0.5, 0.6) is 0 Å². The Morgan fingerprint density at radius 3 is 2.94 bits per heavy atom. The molecule has 0 saturated heterocycles. The van der Waals surface area contributed by atoms with Gasteiger partial charge in [0.25, 0.3) is 0 Å².